The Balaban J connectivity index is 2.72. The highest BCUT2D eigenvalue weighted by molar-refractivity contribution is 5.39. The quantitative estimate of drug-likeness (QED) is 0.505. The first kappa shape index (κ1) is 4.91. The van der Waals surface area contributed by atoms with Crippen molar-refractivity contribution in [2.45, 2.75) is 6.42 Å². The molecule has 0 atom stereocenters. The van der Waals surface area contributed by atoms with Crippen LogP contribution in [0, 0.1) is 11.6 Å². The van der Waals surface area contributed by atoms with E-state index in [4.69, 9.17) is 0 Å². The first-order valence-corrected chi connectivity index (χ1v) is 2.74. The Bertz CT molecular complexity index is 262. The monoisotopic (exact) mass is 126 g/mol. The van der Waals surface area contributed by atoms with Gasteiger partial charge >= 0.3 is 0 Å². The van der Waals surface area contributed by atoms with Gasteiger partial charge in [0.05, 0.1) is 0 Å². The third kappa shape index (κ3) is 0.502. The number of rotatable bonds is 0. The zero-order valence-corrected chi connectivity index (χ0v) is 4.62. The molecule has 0 aromatic heterocycles. The fourth-order valence-corrected chi connectivity index (χ4v) is 1.03. The number of benzene rings is 1. The molecule has 0 nitrogen and oxygen atoms in total. The number of hydrogen-bond acceptors (Lipinski definition) is 0. The van der Waals surface area contributed by atoms with Crippen LogP contribution in [0.4, 0.5) is 8.78 Å². The molecular formula is C7H4F2. The molecule has 46 valence electrons. The lowest BCUT2D eigenvalue weighted by Gasteiger charge is -2.14. The molecule has 0 aliphatic heterocycles. The summed E-state index contributed by atoms with van der Waals surface area (Å²) < 4.78 is 24.6. The van der Waals surface area contributed by atoms with E-state index in [1.807, 2.05) is 0 Å². The Kier molecular flexibility index (Phi) is 0.721. The standard InChI is InChI=1S/C7H4F2/c8-6-3-4-1-5(2-4)7(6)9/h1,3H,2H2. The van der Waals surface area contributed by atoms with Crippen molar-refractivity contribution >= 4 is 0 Å². The lowest BCUT2D eigenvalue weighted by Crippen LogP contribution is -2.06. The average Bonchev–Trinajstić information content (AvgIpc) is 1.72. The molecule has 0 unspecified atom stereocenters. The second-order valence-electron chi connectivity index (χ2n) is 2.23. The fourth-order valence-electron chi connectivity index (χ4n) is 1.03. The molecule has 2 heteroatoms. The normalized spacial score (nSPS) is 13.1. The zero-order valence-electron chi connectivity index (χ0n) is 4.62. The van der Waals surface area contributed by atoms with Crippen LogP contribution in [0.3, 0.4) is 0 Å². The number of hydrogen-bond donors (Lipinski definition) is 0. The lowest BCUT2D eigenvalue weighted by atomic mass is 9.92. The van der Waals surface area contributed by atoms with Crippen molar-refractivity contribution in [1.82, 2.24) is 0 Å². The van der Waals surface area contributed by atoms with E-state index in [9.17, 15) is 8.78 Å². The second kappa shape index (κ2) is 1.32. The van der Waals surface area contributed by atoms with Gasteiger partial charge in [-0.2, -0.15) is 0 Å². The highest BCUT2D eigenvalue weighted by atomic mass is 19.2. The third-order valence-corrected chi connectivity index (χ3v) is 1.56. The minimum Gasteiger partial charge on any atom is -0.204 e. The average molecular weight is 126 g/mol. The van der Waals surface area contributed by atoms with Crippen molar-refractivity contribution in [1.29, 1.82) is 0 Å². The van der Waals surface area contributed by atoms with Crippen molar-refractivity contribution in [3.05, 3.63) is 34.9 Å². The molecule has 2 aliphatic carbocycles. The molecule has 0 radical (unpaired) electrons. The van der Waals surface area contributed by atoms with Gasteiger partial charge in [0.1, 0.15) is 0 Å². The molecule has 1 aromatic carbocycles. The van der Waals surface area contributed by atoms with Crippen LogP contribution >= 0.6 is 0 Å². The lowest BCUT2D eigenvalue weighted by molar-refractivity contribution is 0.491. The number of fused-ring (bicyclic) bond motifs is 2. The van der Waals surface area contributed by atoms with E-state index in [0.29, 0.717) is 12.0 Å². The first-order valence-electron chi connectivity index (χ1n) is 2.74. The SMILES string of the molecule is Fc1cc2cc(c1F)C2. The van der Waals surface area contributed by atoms with Crippen LogP contribution in [0.15, 0.2) is 12.1 Å². The summed E-state index contributed by atoms with van der Waals surface area (Å²) in [6.07, 6.45) is 0.610. The van der Waals surface area contributed by atoms with E-state index in [1.54, 1.807) is 6.07 Å². The summed E-state index contributed by atoms with van der Waals surface area (Å²) >= 11 is 0. The van der Waals surface area contributed by atoms with Gasteiger partial charge in [0.2, 0.25) is 0 Å². The molecule has 1 aromatic rings. The second-order valence-corrected chi connectivity index (χ2v) is 2.23. The maximum absolute atomic E-state index is 12.4. The Morgan fingerprint density at radius 1 is 1.22 bits per heavy atom. The van der Waals surface area contributed by atoms with Crippen LogP contribution in [0.2, 0.25) is 0 Å². The molecule has 2 bridgehead atoms. The molecule has 0 saturated heterocycles. The summed E-state index contributed by atoms with van der Waals surface area (Å²) in [5.74, 6) is -1.39. The Morgan fingerprint density at radius 2 is 1.89 bits per heavy atom. The van der Waals surface area contributed by atoms with Gasteiger partial charge in [-0.3, -0.25) is 0 Å². The highest BCUT2D eigenvalue weighted by Gasteiger charge is 2.18. The van der Waals surface area contributed by atoms with Gasteiger partial charge in [-0.25, -0.2) is 8.78 Å². The topological polar surface area (TPSA) is 0 Å². The van der Waals surface area contributed by atoms with Crippen LogP contribution in [-0.2, 0) is 6.42 Å². The van der Waals surface area contributed by atoms with Crippen LogP contribution < -0.4 is 0 Å². The van der Waals surface area contributed by atoms with Crippen LogP contribution in [0.5, 0.6) is 0 Å². The maximum atomic E-state index is 12.4. The van der Waals surface area contributed by atoms with Gasteiger partial charge in [-0.05, 0) is 17.2 Å². The van der Waals surface area contributed by atoms with Crippen molar-refractivity contribution < 1.29 is 8.78 Å². The number of halogens is 2. The van der Waals surface area contributed by atoms with Crippen molar-refractivity contribution in [2.75, 3.05) is 0 Å². The van der Waals surface area contributed by atoms with E-state index >= 15 is 0 Å². The van der Waals surface area contributed by atoms with Gasteiger partial charge < -0.3 is 0 Å². The predicted molar refractivity (Wildman–Crippen MR) is 29.2 cm³/mol. The fraction of sp³-hybridized carbons (Fsp3) is 0.143. The maximum Gasteiger partial charge on any atom is 0.162 e. The van der Waals surface area contributed by atoms with E-state index in [2.05, 4.69) is 0 Å². The van der Waals surface area contributed by atoms with Gasteiger partial charge in [0.25, 0.3) is 0 Å². The van der Waals surface area contributed by atoms with Gasteiger partial charge in [-0.1, -0.05) is 6.07 Å². The highest BCUT2D eigenvalue weighted by Crippen LogP contribution is 2.26. The summed E-state index contributed by atoms with van der Waals surface area (Å²) in [7, 11) is 0. The van der Waals surface area contributed by atoms with Crippen molar-refractivity contribution in [3.63, 3.8) is 0 Å². The van der Waals surface area contributed by atoms with E-state index < -0.39 is 11.6 Å². The van der Waals surface area contributed by atoms with Crippen molar-refractivity contribution in [2.24, 2.45) is 0 Å². The van der Waals surface area contributed by atoms with Crippen molar-refractivity contribution in [3.8, 4) is 0 Å². The van der Waals surface area contributed by atoms with E-state index in [0.717, 1.165) is 5.56 Å². The summed E-state index contributed by atoms with van der Waals surface area (Å²) in [6.45, 7) is 0. The molecule has 9 heavy (non-hydrogen) atoms. The van der Waals surface area contributed by atoms with Crippen LogP contribution in [0.1, 0.15) is 11.1 Å². The molecular weight excluding hydrogens is 122 g/mol. The van der Waals surface area contributed by atoms with Gasteiger partial charge in [0.15, 0.2) is 11.6 Å². The molecule has 0 spiro atoms. The zero-order chi connectivity index (χ0) is 6.43. The summed E-state index contributed by atoms with van der Waals surface area (Å²) in [4.78, 5) is 0. The Labute approximate surface area is 51.1 Å². The van der Waals surface area contributed by atoms with Gasteiger partial charge in [-0.15, -0.1) is 0 Å². The smallest absolute Gasteiger partial charge is 0.162 e. The first-order chi connectivity index (χ1) is 4.27. The molecule has 0 fully saturated rings. The Hall–Kier alpha value is -0.920. The molecule has 0 saturated carbocycles. The Morgan fingerprint density at radius 3 is 2.22 bits per heavy atom. The molecule has 3 rings (SSSR count). The minimum absolute atomic E-state index is 0.505. The summed E-state index contributed by atoms with van der Waals surface area (Å²) in [5, 5.41) is 0. The largest absolute Gasteiger partial charge is 0.204 e. The molecule has 2 aliphatic rings. The summed E-state index contributed by atoms with van der Waals surface area (Å²) in [5.41, 5.74) is 1.40. The molecule has 0 heterocycles. The van der Waals surface area contributed by atoms with E-state index in [1.165, 1.54) is 6.07 Å². The van der Waals surface area contributed by atoms with E-state index in [-0.39, 0.29) is 0 Å². The molecule has 0 N–H and O–H groups in total. The van der Waals surface area contributed by atoms with Crippen LogP contribution in [0.25, 0.3) is 0 Å². The van der Waals surface area contributed by atoms with Gasteiger partial charge in [0, 0.05) is 6.42 Å². The predicted octanol–water partition coefficient (Wildman–Crippen LogP) is 1.87. The van der Waals surface area contributed by atoms with Crippen LogP contribution in [-0.4, -0.2) is 0 Å². The third-order valence-electron chi connectivity index (χ3n) is 1.56. The minimum atomic E-state index is -0.714. The molecule has 0 amide bonds. The summed E-state index contributed by atoms with van der Waals surface area (Å²) in [6, 6.07) is 2.90.